The van der Waals surface area contributed by atoms with E-state index in [9.17, 15) is 14.4 Å². The summed E-state index contributed by atoms with van der Waals surface area (Å²) >= 11 is 0. The fourth-order valence-electron chi connectivity index (χ4n) is 7.71. The van der Waals surface area contributed by atoms with E-state index in [1.165, 1.54) is 109 Å². The van der Waals surface area contributed by atoms with Crippen LogP contribution < -0.4 is 0 Å². The summed E-state index contributed by atoms with van der Waals surface area (Å²) < 4.78 is 16.8. The average Bonchev–Trinajstić information content (AvgIpc) is 3.34. The maximum Gasteiger partial charge on any atom is 0.306 e. The van der Waals surface area contributed by atoms with Crippen molar-refractivity contribution in [2.24, 2.45) is 0 Å². The molecule has 0 aliphatic carbocycles. The van der Waals surface area contributed by atoms with E-state index in [-0.39, 0.29) is 31.1 Å². The number of esters is 3. The minimum absolute atomic E-state index is 0.0934. The first-order chi connectivity index (χ1) is 33.5. The quantitative estimate of drug-likeness (QED) is 0.0262. The Labute approximate surface area is 419 Å². The predicted molar refractivity (Wildman–Crippen MR) is 293 cm³/mol. The Kier molecular flexibility index (Phi) is 52.9. The molecular formula is C62H104O6. The van der Waals surface area contributed by atoms with Crippen molar-refractivity contribution in [2.45, 2.75) is 264 Å². The summed E-state index contributed by atoms with van der Waals surface area (Å²) in [5.41, 5.74) is 0. The summed E-state index contributed by atoms with van der Waals surface area (Å²) in [5, 5.41) is 0. The highest BCUT2D eigenvalue weighted by atomic mass is 16.6. The van der Waals surface area contributed by atoms with Crippen molar-refractivity contribution in [2.75, 3.05) is 13.2 Å². The Hall–Kier alpha value is -3.67. The lowest BCUT2D eigenvalue weighted by atomic mass is 10.0. The molecule has 6 nitrogen and oxygen atoms in total. The van der Waals surface area contributed by atoms with Crippen LogP contribution in [0.4, 0.5) is 0 Å². The van der Waals surface area contributed by atoms with Gasteiger partial charge in [-0.25, -0.2) is 0 Å². The van der Waals surface area contributed by atoms with Crippen molar-refractivity contribution < 1.29 is 28.6 Å². The van der Waals surface area contributed by atoms with E-state index < -0.39 is 6.10 Å². The van der Waals surface area contributed by atoms with Crippen LogP contribution in [0, 0.1) is 0 Å². The van der Waals surface area contributed by atoms with Gasteiger partial charge in [0.15, 0.2) is 6.10 Å². The molecule has 0 aliphatic heterocycles. The van der Waals surface area contributed by atoms with Crippen LogP contribution in [0.1, 0.15) is 258 Å². The molecule has 0 bridgehead atoms. The van der Waals surface area contributed by atoms with Gasteiger partial charge in [-0.05, 0) is 64.2 Å². The molecule has 0 amide bonds. The van der Waals surface area contributed by atoms with Crippen molar-refractivity contribution >= 4 is 17.9 Å². The number of allylic oxidation sites excluding steroid dienone is 16. The third-order valence-corrected chi connectivity index (χ3v) is 12.0. The zero-order valence-corrected chi connectivity index (χ0v) is 44.3. The van der Waals surface area contributed by atoms with Gasteiger partial charge in [0, 0.05) is 19.3 Å². The molecular weight excluding hydrogens is 841 g/mol. The molecule has 0 saturated carbocycles. The Balaban J connectivity index is 4.49. The van der Waals surface area contributed by atoms with Gasteiger partial charge in [-0.3, -0.25) is 14.4 Å². The lowest BCUT2D eigenvalue weighted by Crippen LogP contribution is -2.30. The van der Waals surface area contributed by atoms with E-state index in [0.717, 1.165) is 109 Å². The molecule has 68 heavy (non-hydrogen) atoms. The summed E-state index contributed by atoms with van der Waals surface area (Å²) in [6.45, 7) is 6.51. The predicted octanol–water partition coefficient (Wildman–Crippen LogP) is 18.9. The van der Waals surface area contributed by atoms with Crippen molar-refractivity contribution in [1.29, 1.82) is 0 Å². The molecule has 0 aromatic carbocycles. The lowest BCUT2D eigenvalue weighted by molar-refractivity contribution is -0.167. The summed E-state index contributed by atoms with van der Waals surface area (Å²) in [7, 11) is 0. The first-order valence-electron chi connectivity index (χ1n) is 28.3. The van der Waals surface area contributed by atoms with Gasteiger partial charge in [0.2, 0.25) is 0 Å². The smallest absolute Gasteiger partial charge is 0.306 e. The molecule has 0 N–H and O–H groups in total. The summed E-state index contributed by atoms with van der Waals surface area (Å²) in [4.78, 5) is 38.1. The van der Waals surface area contributed by atoms with E-state index in [0.29, 0.717) is 19.3 Å². The van der Waals surface area contributed by atoms with E-state index in [1.54, 1.807) is 0 Å². The standard InChI is InChI=1S/C62H104O6/c1-4-7-10-13-16-19-22-25-28-30-32-34-37-40-43-46-49-52-55-61(64)67-58-59(57-66-60(63)54-51-48-45-42-39-36-27-24-21-18-15-12-9-6-3)68-62(65)56-53-50-47-44-41-38-35-33-31-29-26-23-20-17-14-11-8-5-2/h10,13,16,19,22-23,25-26,28-35,59H,4-9,11-12,14-15,17-18,20-21,24,27,36-58H2,1-3H3/b13-10-,19-16-,25-22-,26-23-,30-28-,31-29-,34-32-,35-33-. The van der Waals surface area contributed by atoms with E-state index >= 15 is 0 Å². The van der Waals surface area contributed by atoms with Gasteiger partial charge >= 0.3 is 17.9 Å². The Morgan fingerprint density at radius 3 is 0.882 bits per heavy atom. The number of hydrogen-bond acceptors (Lipinski definition) is 6. The van der Waals surface area contributed by atoms with Gasteiger partial charge in [0.1, 0.15) is 13.2 Å². The second kappa shape index (κ2) is 55.9. The van der Waals surface area contributed by atoms with E-state index in [4.69, 9.17) is 14.2 Å². The lowest BCUT2D eigenvalue weighted by Gasteiger charge is -2.18. The summed E-state index contributed by atoms with van der Waals surface area (Å²) in [5.74, 6) is -0.935. The molecule has 0 aliphatic rings. The largest absolute Gasteiger partial charge is 0.462 e. The minimum Gasteiger partial charge on any atom is -0.462 e. The van der Waals surface area contributed by atoms with Crippen molar-refractivity contribution in [1.82, 2.24) is 0 Å². The van der Waals surface area contributed by atoms with Gasteiger partial charge in [-0.1, -0.05) is 272 Å². The van der Waals surface area contributed by atoms with E-state index in [2.05, 4.69) is 93.7 Å². The van der Waals surface area contributed by atoms with Crippen LogP contribution in [0.5, 0.6) is 0 Å². The van der Waals surface area contributed by atoms with Crippen LogP contribution >= 0.6 is 0 Å². The number of unbranched alkanes of at least 4 members (excludes halogenated alkanes) is 29. The summed E-state index contributed by atoms with van der Waals surface area (Å²) in [6, 6.07) is 0. The first kappa shape index (κ1) is 64.3. The molecule has 6 heteroatoms. The average molecular weight is 946 g/mol. The first-order valence-corrected chi connectivity index (χ1v) is 28.3. The van der Waals surface area contributed by atoms with Crippen LogP contribution in [0.3, 0.4) is 0 Å². The third-order valence-electron chi connectivity index (χ3n) is 12.0. The maximum atomic E-state index is 12.8. The van der Waals surface area contributed by atoms with Crippen molar-refractivity contribution in [3.8, 4) is 0 Å². The fourth-order valence-corrected chi connectivity index (χ4v) is 7.71. The van der Waals surface area contributed by atoms with Gasteiger partial charge in [-0.2, -0.15) is 0 Å². The van der Waals surface area contributed by atoms with Gasteiger partial charge in [0.25, 0.3) is 0 Å². The normalized spacial score (nSPS) is 12.8. The van der Waals surface area contributed by atoms with Crippen LogP contribution in [0.2, 0.25) is 0 Å². The minimum atomic E-state index is -0.799. The van der Waals surface area contributed by atoms with Gasteiger partial charge in [-0.15, -0.1) is 0 Å². The maximum absolute atomic E-state index is 12.8. The zero-order chi connectivity index (χ0) is 49.3. The molecule has 1 atom stereocenters. The number of rotatable bonds is 50. The number of ether oxygens (including phenoxy) is 3. The van der Waals surface area contributed by atoms with Crippen LogP contribution in [0.15, 0.2) is 97.2 Å². The molecule has 0 heterocycles. The molecule has 0 fully saturated rings. The van der Waals surface area contributed by atoms with Crippen molar-refractivity contribution in [3.05, 3.63) is 97.2 Å². The highest BCUT2D eigenvalue weighted by Gasteiger charge is 2.19. The molecule has 0 radical (unpaired) electrons. The molecule has 0 spiro atoms. The second-order valence-corrected chi connectivity index (χ2v) is 18.7. The monoisotopic (exact) mass is 945 g/mol. The molecule has 388 valence electrons. The topological polar surface area (TPSA) is 78.9 Å². The number of carbonyl (C=O) groups is 3. The van der Waals surface area contributed by atoms with Crippen LogP contribution in [-0.4, -0.2) is 37.2 Å². The van der Waals surface area contributed by atoms with E-state index in [1.807, 2.05) is 24.3 Å². The third kappa shape index (κ3) is 53.3. The van der Waals surface area contributed by atoms with Crippen LogP contribution in [-0.2, 0) is 28.6 Å². The number of carbonyl (C=O) groups excluding carboxylic acids is 3. The Morgan fingerprint density at radius 2 is 0.559 bits per heavy atom. The Morgan fingerprint density at radius 1 is 0.294 bits per heavy atom. The summed E-state index contributed by atoms with van der Waals surface area (Å²) in [6.07, 6.45) is 73.8. The fraction of sp³-hybridized carbons (Fsp3) is 0.694. The van der Waals surface area contributed by atoms with Gasteiger partial charge < -0.3 is 14.2 Å². The zero-order valence-electron chi connectivity index (χ0n) is 44.3. The highest BCUT2D eigenvalue weighted by Crippen LogP contribution is 2.15. The number of hydrogen-bond donors (Lipinski definition) is 0. The van der Waals surface area contributed by atoms with Crippen LogP contribution in [0.25, 0.3) is 0 Å². The highest BCUT2D eigenvalue weighted by molar-refractivity contribution is 5.71. The molecule has 0 rings (SSSR count). The van der Waals surface area contributed by atoms with Crippen molar-refractivity contribution in [3.63, 3.8) is 0 Å². The molecule has 0 aromatic heterocycles. The molecule has 0 aromatic rings. The SMILES string of the molecule is CCC\C=C/C=C\C=C/C=C\C=C/CCCCCCCC(=O)OCC(COC(=O)CCCCCCCCCCCCCCCC)OC(=O)CCCCCCC\C=C/C=C\C=C/CCCCCCC. The van der Waals surface area contributed by atoms with Gasteiger partial charge in [0.05, 0.1) is 0 Å². The molecule has 1 unspecified atom stereocenters. The molecule has 0 saturated heterocycles. The Bertz CT molecular complexity index is 1360. The second-order valence-electron chi connectivity index (χ2n) is 18.7.